The number of hydrogen-bond acceptors (Lipinski definition) is 3. The van der Waals surface area contributed by atoms with Gasteiger partial charge in [-0.3, -0.25) is 0 Å². The Hall–Kier alpha value is -0.341. The van der Waals surface area contributed by atoms with Crippen LogP contribution in [0.15, 0.2) is 0 Å². The van der Waals surface area contributed by atoms with E-state index in [2.05, 4.69) is 13.8 Å². The van der Waals surface area contributed by atoms with Gasteiger partial charge >= 0.3 is 144 Å². The van der Waals surface area contributed by atoms with Crippen molar-refractivity contribution in [2.24, 2.45) is 0 Å². The summed E-state index contributed by atoms with van der Waals surface area (Å²) in [7, 11) is 0. The Morgan fingerprint density at radius 2 is 1.43 bits per heavy atom. The summed E-state index contributed by atoms with van der Waals surface area (Å²) >= 11 is 0. The number of ketones is 1. The van der Waals surface area contributed by atoms with Crippen molar-refractivity contribution in [3.8, 4) is 0 Å². The van der Waals surface area contributed by atoms with Gasteiger partial charge in [0.2, 0.25) is 0 Å². The molecule has 28 heavy (non-hydrogen) atoms. The Bertz CT molecular complexity index is 1340. The summed E-state index contributed by atoms with van der Waals surface area (Å²) in [6, 6.07) is 0. The van der Waals surface area contributed by atoms with Crippen molar-refractivity contribution in [1.82, 2.24) is 0 Å². The molecule has 0 aromatic rings. The standard InChI is InChI=1S/C18H27O3.C6H7.Fe/c1-3-21-18(20)11-9-7-5-4-6-8-10-17(19)16-13-12-15(2)14-16;1-6-4-2-3-5-6;/h12-14H,3-11H2,1-2H3;2-5H,1H3;. The van der Waals surface area contributed by atoms with Crippen LogP contribution >= 0.6 is 0 Å². The van der Waals surface area contributed by atoms with Gasteiger partial charge in [0, 0.05) is 0 Å². The number of fused-ring (bicyclic) bond motifs is 10. The summed E-state index contributed by atoms with van der Waals surface area (Å²) in [5, 5.41) is 0. The van der Waals surface area contributed by atoms with Gasteiger partial charge in [-0.2, -0.15) is 0 Å². The average Bonchev–Trinajstić information content (AvgIpc) is 3.61. The van der Waals surface area contributed by atoms with Gasteiger partial charge in [-0.05, 0) is 6.92 Å². The second kappa shape index (κ2) is 1.77. The average molecular weight is 426 g/mol. The van der Waals surface area contributed by atoms with E-state index < -0.39 is 6.51 Å². The van der Waals surface area contributed by atoms with Crippen LogP contribution in [0.1, 0.15) is 72.1 Å². The molecule has 3 nitrogen and oxygen atoms in total. The van der Waals surface area contributed by atoms with Crippen LogP contribution in [0, 0.1) is 0 Å². The quantitative estimate of drug-likeness (QED) is 0.208. The molecule has 9 unspecified atom stereocenters. The Balaban J connectivity index is 0.816. The molecule has 10 aliphatic heterocycles. The molecule has 10 aliphatic rings. The topological polar surface area (TPSA) is 43.4 Å². The van der Waals surface area contributed by atoms with Crippen molar-refractivity contribution in [3.05, 3.63) is 0 Å². The fourth-order valence-electron chi connectivity index (χ4n) is 21.6. The van der Waals surface area contributed by atoms with E-state index in [1.54, 1.807) is 0 Å². The summed E-state index contributed by atoms with van der Waals surface area (Å²) in [6.45, 7) is 4.32. The van der Waals surface area contributed by atoms with Crippen LogP contribution < -0.4 is 0 Å². The number of esters is 1. The van der Waals surface area contributed by atoms with E-state index in [1.165, 1.54) is 43.3 Å². The predicted molar refractivity (Wildman–Crippen MR) is 104 cm³/mol. The minimum absolute atomic E-state index is 0.0525. The molecule has 156 valence electrons. The zero-order valence-electron chi connectivity index (χ0n) is 17.5. The molecule has 0 saturated carbocycles. The normalized spacial score (nSPS) is 82.0. The van der Waals surface area contributed by atoms with E-state index in [4.69, 9.17) is 4.74 Å². The first-order valence-corrected chi connectivity index (χ1v) is 18.2. The van der Waals surface area contributed by atoms with E-state index >= 15 is 0 Å². The van der Waals surface area contributed by atoms with Gasteiger partial charge in [0.25, 0.3) is 0 Å². The van der Waals surface area contributed by atoms with E-state index in [1.807, 2.05) is 6.92 Å². The first kappa shape index (κ1) is 14.6. The number of Topliss-reactive ketones (excluding diaryl/α,β-unsaturated/α-hetero) is 1. The van der Waals surface area contributed by atoms with Crippen LogP contribution in [-0.4, -0.2) is 18.4 Å². The number of carbonyl (C=O) groups excluding carboxylic acids is 2. The Labute approximate surface area is 158 Å². The molecule has 0 bridgehead atoms. The number of rotatable bonds is 11. The molecule has 10 saturated heterocycles. The van der Waals surface area contributed by atoms with Gasteiger partial charge in [0.1, 0.15) is 0 Å². The van der Waals surface area contributed by atoms with Gasteiger partial charge < -0.3 is 0 Å². The van der Waals surface area contributed by atoms with Crippen molar-refractivity contribution < 1.29 is 20.8 Å². The van der Waals surface area contributed by atoms with Crippen LogP contribution in [-0.2, 0) is 20.8 Å². The van der Waals surface area contributed by atoms with Crippen molar-refractivity contribution in [1.29, 1.82) is 0 Å². The maximum absolute atomic E-state index is 13.7. The molecule has 0 aliphatic carbocycles. The summed E-state index contributed by atoms with van der Waals surface area (Å²) in [5.41, 5.74) is 0. The summed E-state index contributed by atoms with van der Waals surface area (Å²) in [6.07, 6.45) is 8.31. The van der Waals surface area contributed by atoms with Crippen molar-refractivity contribution >= 4 is 11.8 Å². The third kappa shape index (κ3) is 0.233. The van der Waals surface area contributed by atoms with Gasteiger partial charge in [-0.25, -0.2) is 0 Å². The van der Waals surface area contributed by atoms with Crippen LogP contribution in [0.2, 0.25) is 46.7 Å². The monoisotopic (exact) mass is 426 g/mol. The van der Waals surface area contributed by atoms with Gasteiger partial charge in [0.15, 0.2) is 0 Å². The first-order chi connectivity index (χ1) is 13.2. The zero-order valence-corrected chi connectivity index (χ0v) is 18.6. The molecule has 0 aromatic heterocycles. The molecule has 0 N–H and O–H groups in total. The fourth-order valence-corrected chi connectivity index (χ4v) is 102. The molecular formula is C24H34FeO3. The first-order valence-electron chi connectivity index (χ1n) is 12.1. The molecule has 4 heteroatoms. The SMILES string of the molecule is CCOC(=O)CCCCCCCCC(=O)[C]12[CH]3[CH]4[C]5(C)[CH]1[Fe]43521678[CH]2[CH]1[CH]6[C]7(C)[CH]28. The van der Waals surface area contributed by atoms with Crippen molar-refractivity contribution in [2.45, 2.75) is 119 Å². The van der Waals surface area contributed by atoms with E-state index in [0.29, 0.717) is 17.3 Å². The Morgan fingerprint density at radius 1 is 0.821 bits per heavy atom. The number of ether oxygens (including phenoxy) is 1. The maximum atomic E-state index is 13.7. The molecule has 0 radical (unpaired) electrons. The third-order valence-electron chi connectivity index (χ3n) is 19.1. The van der Waals surface area contributed by atoms with E-state index in [9.17, 15) is 9.59 Å². The minimum atomic E-state index is -3.49. The summed E-state index contributed by atoms with van der Waals surface area (Å²) < 4.78 is 7.05. The van der Waals surface area contributed by atoms with Gasteiger partial charge in [0.05, 0.1) is 6.61 Å². The molecule has 10 fully saturated rings. The molecule has 10 rings (SSSR count). The number of hydrogen-bond donors (Lipinski definition) is 0. The molecular weight excluding hydrogens is 392 g/mol. The molecule has 9 atom stereocenters. The van der Waals surface area contributed by atoms with Crippen LogP contribution in [0.5, 0.6) is 0 Å². The van der Waals surface area contributed by atoms with Crippen molar-refractivity contribution in [3.63, 3.8) is 0 Å². The third-order valence-corrected chi connectivity index (χ3v) is 65.1. The second-order valence-corrected chi connectivity index (χ2v) is 37.9. The Morgan fingerprint density at radius 3 is 1.82 bits per heavy atom. The van der Waals surface area contributed by atoms with Crippen LogP contribution in [0.3, 0.4) is 0 Å². The summed E-state index contributed by atoms with van der Waals surface area (Å²) in [4.78, 5) is 33.3. The number of carbonyl (C=O) groups is 2. The Kier molecular flexibility index (Phi) is 0.923. The molecule has 1 spiro atoms. The van der Waals surface area contributed by atoms with Gasteiger partial charge in [-0.15, -0.1) is 0 Å². The van der Waals surface area contributed by atoms with E-state index in [-0.39, 0.29) is 5.97 Å². The molecule has 10 heterocycles. The molecule has 0 aromatic carbocycles. The van der Waals surface area contributed by atoms with Crippen LogP contribution in [0.4, 0.5) is 0 Å². The summed E-state index contributed by atoms with van der Waals surface area (Å²) in [5.74, 6) is 0.770. The molecule has 0 amide bonds. The number of unbranched alkanes of at least 4 members (excludes halogenated alkanes) is 5. The second-order valence-electron chi connectivity index (χ2n) is 14.5. The fraction of sp³-hybridized carbons (Fsp3) is 0.917. The predicted octanol–water partition coefficient (Wildman–Crippen LogP) is 6.78. The van der Waals surface area contributed by atoms with Gasteiger partial charge in [-0.1, -0.05) is 0 Å². The van der Waals surface area contributed by atoms with Crippen LogP contribution in [0.25, 0.3) is 0 Å². The van der Waals surface area contributed by atoms with Crippen molar-refractivity contribution in [2.75, 3.05) is 6.61 Å². The van der Waals surface area contributed by atoms with E-state index in [0.717, 1.165) is 49.7 Å². The zero-order chi connectivity index (χ0) is 19.1.